The average Bonchev–Trinajstić information content (AvgIpc) is 2.53. The lowest BCUT2D eigenvalue weighted by Crippen LogP contribution is -2.04. The first kappa shape index (κ1) is 14.8. The van der Waals surface area contributed by atoms with E-state index in [9.17, 15) is 10.2 Å². The smallest absolute Gasteiger partial charge is 0.138 e. The number of nitrogen functional groups attached to an aromatic ring is 2. The predicted octanol–water partition coefficient (Wildman–Crippen LogP) is 3.44. The van der Waals surface area contributed by atoms with Gasteiger partial charge in [0, 0.05) is 11.6 Å². The second kappa shape index (κ2) is 5.93. The Kier molecular flexibility index (Phi) is 3.81. The minimum atomic E-state index is -0.0954. The van der Waals surface area contributed by atoms with Crippen LogP contribution in [-0.4, -0.2) is 10.2 Å². The van der Waals surface area contributed by atoms with E-state index in [1.807, 2.05) is 42.5 Å². The van der Waals surface area contributed by atoms with E-state index in [1.54, 1.807) is 24.3 Å². The minimum absolute atomic E-state index is 0.0609. The third-order valence-electron chi connectivity index (χ3n) is 3.86. The molecule has 3 aromatic carbocycles. The first-order valence-electron chi connectivity index (χ1n) is 7.27. The van der Waals surface area contributed by atoms with Crippen LogP contribution in [0.2, 0.25) is 0 Å². The summed E-state index contributed by atoms with van der Waals surface area (Å²) in [6, 6.07) is 19.9. The van der Waals surface area contributed by atoms with Gasteiger partial charge in [-0.05, 0) is 53.1 Å². The van der Waals surface area contributed by atoms with Gasteiger partial charge in [0.25, 0.3) is 0 Å². The molecule has 6 N–H and O–H groups in total. The molecule has 0 saturated heterocycles. The van der Waals surface area contributed by atoms with Gasteiger partial charge in [-0.3, -0.25) is 0 Å². The Morgan fingerprint density at radius 3 is 2.00 bits per heavy atom. The number of nitrogens with two attached hydrogens (primary N) is 2. The fraction of sp³-hybridized carbons (Fsp3) is 0.0526. The van der Waals surface area contributed by atoms with Gasteiger partial charge in [-0.15, -0.1) is 0 Å². The van der Waals surface area contributed by atoms with E-state index >= 15 is 0 Å². The molecule has 1 unspecified atom stereocenters. The zero-order valence-corrected chi connectivity index (χ0v) is 12.5. The van der Waals surface area contributed by atoms with Crippen molar-refractivity contribution in [2.24, 2.45) is 0 Å². The Labute approximate surface area is 134 Å². The van der Waals surface area contributed by atoms with E-state index in [0.717, 1.165) is 16.7 Å². The summed E-state index contributed by atoms with van der Waals surface area (Å²) in [4.78, 5) is 0. The second-order valence-electron chi connectivity index (χ2n) is 5.51. The van der Waals surface area contributed by atoms with Crippen molar-refractivity contribution in [3.63, 3.8) is 0 Å². The predicted molar refractivity (Wildman–Crippen MR) is 92.4 cm³/mol. The van der Waals surface area contributed by atoms with Crippen LogP contribution in [0.4, 0.5) is 11.4 Å². The molecule has 0 radical (unpaired) electrons. The van der Waals surface area contributed by atoms with Crippen molar-refractivity contribution in [2.75, 3.05) is 11.5 Å². The molecule has 0 aliphatic rings. The first-order chi connectivity index (χ1) is 11.0. The molecule has 1 atom stereocenters. The van der Waals surface area contributed by atoms with Gasteiger partial charge in [-0.2, -0.15) is 0 Å². The Balaban J connectivity index is 2.16. The molecule has 116 valence electrons. The monoisotopic (exact) mass is 306 g/mol. The molecule has 0 heterocycles. The molecule has 0 fully saturated rings. The maximum Gasteiger partial charge on any atom is 0.138 e. The Bertz CT molecular complexity index is 829. The zero-order valence-electron chi connectivity index (χ0n) is 12.5. The second-order valence-corrected chi connectivity index (χ2v) is 5.51. The number of benzene rings is 3. The summed E-state index contributed by atoms with van der Waals surface area (Å²) in [6.07, 6.45) is 0. The van der Waals surface area contributed by atoms with E-state index in [1.165, 1.54) is 0 Å². The molecule has 0 aliphatic carbocycles. The molecule has 0 spiro atoms. The lowest BCUT2D eigenvalue weighted by atomic mass is 9.84. The fourth-order valence-electron chi connectivity index (χ4n) is 2.74. The summed E-state index contributed by atoms with van der Waals surface area (Å²) in [5, 5.41) is 19.2. The summed E-state index contributed by atoms with van der Waals surface area (Å²) in [5.41, 5.74) is 15.7. The van der Waals surface area contributed by atoms with E-state index in [0.29, 0.717) is 11.4 Å². The van der Waals surface area contributed by atoms with Gasteiger partial charge in [-0.25, -0.2) is 0 Å². The van der Waals surface area contributed by atoms with Crippen molar-refractivity contribution in [1.82, 2.24) is 0 Å². The maximum atomic E-state index is 9.67. The highest BCUT2D eigenvalue weighted by molar-refractivity contribution is 5.57. The van der Waals surface area contributed by atoms with Gasteiger partial charge in [0.2, 0.25) is 0 Å². The lowest BCUT2D eigenvalue weighted by molar-refractivity contribution is 0.475. The van der Waals surface area contributed by atoms with Crippen LogP contribution < -0.4 is 11.5 Å². The van der Waals surface area contributed by atoms with E-state index in [-0.39, 0.29) is 17.4 Å². The van der Waals surface area contributed by atoms with Gasteiger partial charge in [0.1, 0.15) is 11.5 Å². The van der Waals surface area contributed by atoms with Gasteiger partial charge in [0.15, 0.2) is 0 Å². The summed E-state index contributed by atoms with van der Waals surface area (Å²) >= 11 is 0. The van der Waals surface area contributed by atoms with Crippen molar-refractivity contribution in [3.8, 4) is 11.5 Å². The van der Waals surface area contributed by atoms with Crippen LogP contribution in [0.25, 0.3) is 0 Å². The molecule has 3 aromatic rings. The maximum absolute atomic E-state index is 9.67. The van der Waals surface area contributed by atoms with Crippen LogP contribution in [0.15, 0.2) is 66.7 Å². The molecular formula is C19H18N2O2. The normalized spacial score (nSPS) is 12.0. The Morgan fingerprint density at radius 2 is 1.35 bits per heavy atom. The van der Waals surface area contributed by atoms with Crippen LogP contribution in [0.1, 0.15) is 22.6 Å². The van der Waals surface area contributed by atoms with Crippen molar-refractivity contribution in [2.45, 2.75) is 5.92 Å². The van der Waals surface area contributed by atoms with E-state index < -0.39 is 0 Å². The summed E-state index contributed by atoms with van der Waals surface area (Å²) < 4.78 is 0. The first-order valence-corrected chi connectivity index (χ1v) is 7.27. The van der Waals surface area contributed by atoms with Crippen LogP contribution in [-0.2, 0) is 0 Å². The van der Waals surface area contributed by atoms with E-state index in [4.69, 9.17) is 11.5 Å². The third-order valence-corrected chi connectivity index (χ3v) is 3.86. The molecular weight excluding hydrogens is 288 g/mol. The number of aromatic hydroxyl groups is 2. The number of hydrogen-bond donors (Lipinski definition) is 4. The summed E-state index contributed by atoms with van der Waals surface area (Å²) in [5.74, 6) is 0.179. The number of anilines is 2. The van der Waals surface area contributed by atoms with Crippen molar-refractivity contribution in [1.29, 1.82) is 0 Å². The zero-order chi connectivity index (χ0) is 16.4. The van der Waals surface area contributed by atoms with Crippen LogP contribution in [0.3, 0.4) is 0 Å². The summed E-state index contributed by atoms with van der Waals surface area (Å²) in [6.45, 7) is 0. The van der Waals surface area contributed by atoms with Crippen LogP contribution in [0.5, 0.6) is 11.5 Å². The molecule has 0 amide bonds. The number of hydrogen-bond acceptors (Lipinski definition) is 4. The SMILES string of the molecule is Nc1cccc(C(c2ccc(O)cc2)c2ccc(O)c(N)c2)c1. The largest absolute Gasteiger partial charge is 0.508 e. The lowest BCUT2D eigenvalue weighted by Gasteiger charge is -2.20. The standard InChI is InChI=1S/C19H18N2O2/c20-15-3-1-2-13(10-15)19(12-4-7-16(22)8-5-12)14-6-9-18(23)17(21)11-14/h1-11,19,22-23H,20-21H2. The highest BCUT2D eigenvalue weighted by Gasteiger charge is 2.18. The Morgan fingerprint density at radius 1 is 0.696 bits per heavy atom. The average molecular weight is 306 g/mol. The summed E-state index contributed by atoms with van der Waals surface area (Å²) in [7, 11) is 0. The van der Waals surface area contributed by atoms with Crippen LogP contribution >= 0.6 is 0 Å². The molecule has 0 aliphatic heterocycles. The quantitative estimate of drug-likeness (QED) is 0.339. The molecule has 0 bridgehead atoms. The highest BCUT2D eigenvalue weighted by Crippen LogP contribution is 2.35. The van der Waals surface area contributed by atoms with Gasteiger partial charge < -0.3 is 21.7 Å². The Hall–Kier alpha value is -3.14. The minimum Gasteiger partial charge on any atom is -0.508 e. The third kappa shape index (κ3) is 3.06. The highest BCUT2D eigenvalue weighted by atomic mass is 16.3. The number of phenols is 2. The van der Waals surface area contributed by atoms with Gasteiger partial charge in [-0.1, -0.05) is 30.3 Å². The molecule has 4 nitrogen and oxygen atoms in total. The van der Waals surface area contributed by atoms with Crippen molar-refractivity contribution < 1.29 is 10.2 Å². The van der Waals surface area contributed by atoms with Gasteiger partial charge in [0.05, 0.1) is 5.69 Å². The molecule has 4 heteroatoms. The number of phenolic OH excluding ortho intramolecular Hbond substituents is 2. The molecule has 0 aromatic heterocycles. The fourth-order valence-corrected chi connectivity index (χ4v) is 2.74. The van der Waals surface area contributed by atoms with Crippen molar-refractivity contribution >= 4 is 11.4 Å². The molecule has 0 saturated carbocycles. The van der Waals surface area contributed by atoms with Gasteiger partial charge >= 0.3 is 0 Å². The van der Waals surface area contributed by atoms with E-state index in [2.05, 4.69) is 0 Å². The van der Waals surface area contributed by atoms with Crippen LogP contribution in [0, 0.1) is 0 Å². The molecule has 23 heavy (non-hydrogen) atoms. The molecule has 3 rings (SSSR count). The van der Waals surface area contributed by atoms with Crippen molar-refractivity contribution in [3.05, 3.63) is 83.4 Å². The topological polar surface area (TPSA) is 92.5 Å². The number of rotatable bonds is 3.